The number of alkyl halides is 1. The number of carboxylic acid groups (broad SMARTS) is 1. The topological polar surface area (TPSA) is 102 Å². The molecule has 1 aliphatic heterocycles. The summed E-state index contributed by atoms with van der Waals surface area (Å²) in [6.07, 6.45) is -0.132. The van der Waals surface area contributed by atoms with Crippen LogP contribution in [0.3, 0.4) is 0 Å². The predicted molar refractivity (Wildman–Crippen MR) is 57.0 cm³/mol. The Balaban J connectivity index is 2.10. The van der Waals surface area contributed by atoms with Crippen LogP contribution >= 0.6 is 0 Å². The van der Waals surface area contributed by atoms with Crippen LogP contribution in [-0.4, -0.2) is 50.1 Å². The van der Waals surface area contributed by atoms with E-state index < -0.39 is 23.2 Å². The molecule has 0 aromatic carbocycles. The molecule has 0 bridgehead atoms. The molecule has 18 heavy (non-hydrogen) atoms. The Morgan fingerprint density at radius 2 is 2.39 bits per heavy atom. The van der Waals surface area contributed by atoms with Crippen LogP contribution in [0.5, 0.6) is 0 Å². The van der Waals surface area contributed by atoms with E-state index in [4.69, 9.17) is 5.11 Å². The number of likely N-dealkylation sites (tertiary alicyclic amines) is 1. The third-order valence-corrected chi connectivity index (χ3v) is 2.92. The van der Waals surface area contributed by atoms with Crippen molar-refractivity contribution < 1.29 is 19.2 Å². The fourth-order valence-corrected chi connectivity index (χ4v) is 1.97. The van der Waals surface area contributed by atoms with E-state index in [1.807, 2.05) is 0 Å². The molecule has 1 saturated heterocycles. The van der Waals surface area contributed by atoms with E-state index >= 15 is 0 Å². The zero-order valence-electron chi connectivity index (χ0n) is 9.27. The summed E-state index contributed by atoms with van der Waals surface area (Å²) in [4.78, 5) is 21.6. The summed E-state index contributed by atoms with van der Waals surface area (Å²) in [5, 5.41) is 23.0. The number of hydrogen-bond acceptors (Lipinski definition) is 4. The second-order valence-corrected chi connectivity index (χ2v) is 4.04. The Hall–Kier alpha value is -2.19. The quantitative estimate of drug-likeness (QED) is 0.631. The summed E-state index contributed by atoms with van der Waals surface area (Å²) >= 11 is 0. The van der Waals surface area contributed by atoms with Gasteiger partial charge in [-0.15, -0.1) is 0 Å². The standard InChI is InChI=1S/C9H11FN4O4/c10-7-5-12(9(15)16)2-1-8(7)13-4-6(3-11-13)14(17)18/h3-4,7-8H,1-2,5H2,(H,15,16). The molecule has 0 saturated carbocycles. The average Bonchev–Trinajstić information content (AvgIpc) is 2.78. The van der Waals surface area contributed by atoms with Gasteiger partial charge in [-0.1, -0.05) is 0 Å². The monoisotopic (exact) mass is 258 g/mol. The Morgan fingerprint density at radius 1 is 1.67 bits per heavy atom. The Bertz CT molecular complexity index is 477. The molecule has 0 aliphatic carbocycles. The maximum absolute atomic E-state index is 13.8. The summed E-state index contributed by atoms with van der Waals surface area (Å²) in [6, 6.07) is -0.658. The minimum atomic E-state index is -1.42. The zero-order valence-corrected chi connectivity index (χ0v) is 9.27. The number of nitro groups is 1. The SMILES string of the molecule is O=C(O)N1CCC(n2cc([N+](=O)[O-])cn2)C(F)C1. The number of nitrogens with zero attached hydrogens (tertiary/aromatic N) is 4. The minimum Gasteiger partial charge on any atom is -0.465 e. The number of rotatable bonds is 2. The summed E-state index contributed by atoms with van der Waals surface area (Å²) in [6.45, 7) is -0.0538. The molecule has 1 N–H and O–H groups in total. The van der Waals surface area contributed by atoms with Gasteiger partial charge in [-0.25, -0.2) is 9.18 Å². The number of piperidine rings is 1. The van der Waals surface area contributed by atoms with E-state index in [1.54, 1.807) is 0 Å². The lowest BCUT2D eigenvalue weighted by Crippen LogP contribution is -2.45. The highest BCUT2D eigenvalue weighted by Gasteiger charge is 2.33. The smallest absolute Gasteiger partial charge is 0.407 e. The normalized spacial score (nSPS) is 23.9. The molecule has 0 radical (unpaired) electrons. The van der Waals surface area contributed by atoms with Crippen LogP contribution in [0.4, 0.5) is 14.9 Å². The maximum Gasteiger partial charge on any atom is 0.407 e. The number of aromatic nitrogens is 2. The Kier molecular flexibility index (Phi) is 3.13. The molecule has 1 fully saturated rings. The number of amides is 1. The van der Waals surface area contributed by atoms with Crippen molar-refractivity contribution in [3.63, 3.8) is 0 Å². The lowest BCUT2D eigenvalue weighted by atomic mass is 10.0. The van der Waals surface area contributed by atoms with Crippen molar-refractivity contribution >= 4 is 11.8 Å². The molecule has 2 atom stereocenters. The van der Waals surface area contributed by atoms with Gasteiger partial charge in [0.1, 0.15) is 18.6 Å². The first-order valence-electron chi connectivity index (χ1n) is 5.29. The van der Waals surface area contributed by atoms with Crippen LogP contribution < -0.4 is 0 Å². The summed E-state index contributed by atoms with van der Waals surface area (Å²) in [5.41, 5.74) is -0.206. The molecule has 2 unspecified atom stereocenters. The van der Waals surface area contributed by atoms with E-state index in [-0.39, 0.29) is 25.2 Å². The van der Waals surface area contributed by atoms with E-state index in [2.05, 4.69) is 5.10 Å². The van der Waals surface area contributed by atoms with Crippen molar-refractivity contribution in [2.75, 3.05) is 13.1 Å². The lowest BCUT2D eigenvalue weighted by molar-refractivity contribution is -0.385. The number of halogens is 1. The van der Waals surface area contributed by atoms with Gasteiger partial charge in [0.2, 0.25) is 0 Å². The third-order valence-electron chi connectivity index (χ3n) is 2.92. The average molecular weight is 258 g/mol. The van der Waals surface area contributed by atoms with Gasteiger partial charge in [-0.05, 0) is 6.42 Å². The first kappa shape index (κ1) is 12.3. The molecule has 1 amide bonds. The molecule has 1 aliphatic rings. The van der Waals surface area contributed by atoms with Gasteiger partial charge in [0.05, 0.1) is 17.5 Å². The van der Waals surface area contributed by atoms with E-state index in [0.29, 0.717) is 0 Å². The highest BCUT2D eigenvalue weighted by Crippen LogP contribution is 2.26. The Morgan fingerprint density at radius 3 is 2.89 bits per heavy atom. The molecule has 2 heterocycles. The summed E-state index contributed by atoms with van der Waals surface area (Å²) < 4.78 is 15.0. The second-order valence-electron chi connectivity index (χ2n) is 4.04. The van der Waals surface area contributed by atoms with Gasteiger partial charge in [0, 0.05) is 6.54 Å². The number of hydrogen-bond donors (Lipinski definition) is 1. The van der Waals surface area contributed by atoms with E-state index in [1.165, 1.54) is 4.68 Å². The van der Waals surface area contributed by atoms with E-state index in [9.17, 15) is 19.3 Å². The van der Waals surface area contributed by atoms with Crippen molar-refractivity contribution in [2.45, 2.75) is 18.6 Å². The van der Waals surface area contributed by atoms with Gasteiger partial charge in [0.15, 0.2) is 0 Å². The van der Waals surface area contributed by atoms with Gasteiger partial charge < -0.3 is 10.0 Å². The van der Waals surface area contributed by atoms with Crippen LogP contribution in [0.15, 0.2) is 12.4 Å². The van der Waals surface area contributed by atoms with E-state index in [0.717, 1.165) is 17.3 Å². The van der Waals surface area contributed by atoms with Crippen LogP contribution in [-0.2, 0) is 0 Å². The molecular formula is C9H11FN4O4. The van der Waals surface area contributed by atoms with Crippen molar-refractivity contribution in [1.29, 1.82) is 0 Å². The van der Waals surface area contributed by atoms with Crippen molar-refractivity contribution in [3.05, 3.63) is 22.5 Å². The fourth-order valence-electron chi connectivity index (χ4n) is 1.97. The van der Waals surface area contributed by atoms with Crippen LogP contribution in [0.1, 0.15) is 12.5 Å². The lowest BCUT2D eigenvalue weighted by Gasteiger charge is -2.32. The summed E-state index contributed by atoms with van der Waals surface area (Å²) in [5.74, 6) is 0. The van der Waals surface area contributed by atoms with Crippen LogP contribution in [0.2, 0.25) is 0 Å². The summed E-state index contributed by atoms with van der Waals surface area (Å²) in [7, 11) is 0. The second kappa shape index (κ2) is 4.59. The van der Waals surface area contributed by atoms with Crippen LogP contribution in [0.25, 0.3) is 0 Å². The predicted octanol–water partition coefficient (Wildman–Crippen LogP) is 1.05. The molecule has 2 rings (SSSR count). The van der Waals surface area contributed by atoms with Gasteiger partial charge in [-0.3, -0.25) is 14.8 Å². The first-order valence-corrected chi connectivity index (χ1v) is 5.29. The largest absolute Gasteiger partial charge is 0.465 e. The minimum absolute atomic E-state index is 0.189. The Labute approximate surface area is 101 Å². The highest BCUT2D eigenvalue weighted by molar-refractivity contribution is 5.65. The highest BCUT2D eigenvalue weighted by atomic mass is 19.1. The molecule has 1 aromatic rings. The molecular weight excluding hydrogens is 247 g/mol. The first-order chi connectivity index (χ1) is 8.49. The van der Waals surface area contributed by atoms with Crippen LogP contribution in [0, 0.1) is 10.1 Å². The van der Waals surface area contributed by atoms with Crippen molar-refractivity contribution in [2.24, 2.45) is 0 Å². The third kappa shape index (κ3) is 2.24. The number of carbonyl (C=O) groups is 1. The van der Waals surface area contributed by atoms with Gasteiger partial charge >= 0.3 is 11.8 Å². The van der Waals surface area contributed by atoms with Crippen molar-refractivity contribution in [1.82, 2.24) is 14.7 Å². The molecule has 1 aromatic heterocycles. The fraction of sp³-hybridized carbons (Fsp3) is 0.556. The molecule has 8 nitrogen and oxygen atoms in total. The zero-order chi connectivity index (χ0) is 13.3. The van der Waals surface area contributed by atoms with Crippen molar-refractivity contribution in [3.8, 4) is 0 Å². The maximum atomic E-state index is 13.8. The van der Waals surface area contributed by atoms with Gasteiger partial charge in [-0.2, -0.15) is 5.10 Å². The molecule has 98 valence electrons. The molecule has 9 heteroatoms. The molecule has 0 spiro atoms. The van der Waals surface area contributed by atoms with Gasteiger partial charge in [0.25, 0.3) is 0 Å².